The van der Waals surface area contributed by atoms with Gasteiger partial charge in [-0.2, -0.15) is 5.10 Å². The summed E-state index contributed by atoms with van der Waals surface area (Å²) in [4.78, 5) is 0. The first-order valence-electron chi connectivity index (χ1n) is 5.90. The summed E-state index contributed by atoms with van der Waals surface area (Å²) >= 11 is 2.29. The molecule has 1 rings (SSSR count). The van der Waals surface area contributed by atoms with Crippen LogP contribution in [0, 0.1) is 3.57 Å². The highest BCUT2D eigenvalue weighted by Gasteiger charge is 2.06. The standard InChI is InChI=1S/C12H22IN3/c1-12(2,3)14-7-5-4-6-8-16-10-11(13)9-15-16/h9-10,14H,4-8H2,1-3H3. The van der Waals surface area contributed by atoms with Gasteiger partial charge in [0.2, 0.25) is 0 Å². The molecule has 0 saturated heterocycles. The van der Waals surface area contributed by atoms with Crippen molar-refractivity contribution in [3.63, 3.8) is 0 Å². The monoisotopic (exact) mass is 335 g/mol. The number of unbranched alkanes of at least 4 members (excludes halogenated alkanes) is 2. The van der Waals surface area contributed by atoms with Crippen molar-refractivity contribution in [3.05, 3.63) is 16.0 Å². The van der Waals surface area contributed by atoms with Crippen LogP contribution in [0.2, 0.25) is 0 Å². The van der Waals surface area contributed by atoms with E-state index in [2.05, 4.69) is 60.0 Å². The summed E-state index contributed by atoms with van der Waals surface area (Å²) < 4.78 is 3.24. The molecule has 92 valence electrons. The van der Waals surface area contributed by atoms with E-state index >= 15 is 0 Å². The summed E-state index contributed by atoms with van der Waals surface area (Å²) in [6, 6.07) is 0. The molecule has 1 aromatic rings. The lowest BCUT2D eigenvalue weighted by atomic mass is 10.1. The smallest absolute Gasteiger partial charge is 0.0623 e. The van der Waals surface area contributed by atoms with Gasteiger partial charge in [0.05, 0.1) is 9.77 Å². The maximum absolute atomic E-state index is 4.27. The number of aromatic nitrogens is 2. The number of aryl methyl sites for hydroxylation is 1. The molecule has 0 unspecified atom stereocenters. The predicted octanol–water partition coefficient (Wildman–Crippen LogP) is 3.05. The van der Waals surface area contributed by atoms with Crippen molar-refractivity contribution in [1.82, 2.24) is 15.1 Å². The van der Waals surface area contributed by atoms with E-state index < -0.39 is 0 Å². The number of hydrogen-bond donors (Lipinski definition) is 1. The predicted molar refractivity (Wildman–Crippen MR) is 76.6 cm³/mol. The van der Waals surface area contributed by atoms with Crippen molar-refractivity contribution < 1.29 is 0 Å². The van der Waals surface area contributed by atoms with Crippen LogP contribution < -0.4 is 5.32 Å². The van der Waals surface area contributed by atoms with E-state index in [9.17, 15) is 0 Å². The highest BCUT2D eigenvalue weighted by Crippen LogP contribution is 2.04. The number of halogens is 1. The van der Waals surface area contributed by atoms with Gasteiger partial charge in [0.1, 0.15) is 0 Å². The molecule has 1 heterocycles. The van der Waals surface area contributed by atoms with Crippen molar-refractivity contribution in [2.24, 2.45) is 0 Å². The Labute approximate surface area is 112 Å². The third-order valence-electron chi connectivity index (χ3n) is 2.32. The van der Waals surface area contributed by atoms with Crippen LogP contribution >= 0.6 is 22.6 Å². The lowest BCUT2D eigenvalue weighted by molar-refractivity contribution is 0.413. The Morgan fingerprint density at radius 1 is 1.31 bits per heavy atom. The molecule has 3 nitrogen and oxygen atoms in total. The Hall–Kier alpha value is -0.100. The number of nitrogens with one attached hydrogen (secondary N) is 1. The third-order valence-corrected chi connectivity index (χ3v) is 2.88. The Balaban J connectivity index is 2.00. The van der Waals surface area contributed by atoms with Crippen molar-refractivity contribution >= 4 is 22.6 Å². The van der Waals surface area contributed by atoms with Crippen molar-refractivity contribution in [2.45, 2.75) is 52.1 Å². The van der Waals surface area contributed by atoms with Crippen LogP contribution in [-0.2, 0) is 6.54 Å². The van der Waals surface area contributed by atoms with Gasteiger partial charge in [0, 0.05) is 18.3 Å². The lowest BCUT2D eigenvalue weighted by Gasteiger charge is -2.20. The minimum Gasteiger partial charge on any atom is -0.312 e. The number of rotatable bonds is 6. The Kier molecular flexibility index (Phi) is 5.75. The van der Waals surface area contributed by atoms with Crippen LogP contribution in [0.5, 0.6) is 0 Å². The first-order valence-corrected chi connectivity index (χ1v) is 6.98. The minimum absolute atomic E-state index is 0.248. The number of hydrogen-bond acceptors (Lipinski definition) is 2. The highest BCUT2D eigenvalue weighted by molar-refractivity contribution is 14.1. The quantitative estimate of drug-likeness (QED) is 0.640. The summed E-state index contributed by atoms with van der Waals surface area (Å²) in [5.41, 5.74) is 0.248. The first-order chi connectivity index (χ1) is 7.47. The molecule has 4 heteroatoms. The summed E-state index contributed by atoms with van der Waals surface area (Å²) in [7, 11) is 0. The molecule has 0 spiro atoms. The normalized spacial score (nSPS) is 12.0. The van der Waals surface area contributed by atoms with Gasteiger partial charge < -0.3 is 5.32 Å². The van der Waals surface area contributed by atoms with E-state index in [1.54, 1.807) is 0 Å². The zero-order valence-electron chi connectivity index (χ0n) is 10.5. The fraction of sp³-hybridized carbons (Fsp3) is 0.750. The van der Waals surface area contributed by atoms with Crippen LogP contribution in [0.3, 0.4) is 0 Å². The zero-order chi connectivity index (χ0) is 12.0. The van der Waals surface area contributed by atoms with Crippen LogP contribution in [-0.4, -0.2) is 21.9 Å². The van der Waals surface area contributed by atoms with E-state index in [4.69, 9.17) is 0 Å². The highest BCUT2D eigenvalue weighted by atomic mass is 127. The van der Waals surface area contributed by atoms with Gasteiger partial charge in [0.15, 0.2) is 0 Å². The molecule has 16 heavy (non-hydrogen) atoms. The van der Waals surface area contributed by atoms with E-state index in [0.29, 0.717) is 0 Å². The van der Waals surface area contributed by atoms with Gasteiger partial charge in [-0.3, -0.25) is 4.68 Å². The largest absolute Gasteiger partial charge is 0.312 e. The van der Waals surface area contributed by atoms with Crippen LogP contribution in [0.4, 0.5) is 0 Å². The first kappa shape index (κ1) is 14.0. The molecule has 0 radical (unpaired) electrons. The summed E-state index contributed by atoms with van der Waals surface area (Å²) in [5.74, 6) is 0. The molecule has 0 atom stereocenters. The Morgan fingerprint density at radius 2 is 2.06 bits per heavy atom. The maximum atomic E-state index is 4.27. The SMILES string of the molecule is CC(C)(C)NCCCCCn1cc(I)cn1. The molecule has 1 aromatic heterocycles. The third kappa shape index (κ3) is 6.48. The van der Waals surface area contributed by atoms with E-state index in [0.717, 1.165) is 13.1 Å². The summed E-state index contributed by atoms with van der Waals surface area (Å²) in [6.07, 6.45) is 7.72. The Bertz CT molecular complexity index is 301. The van der Waals surface area contributed by atoms with Crippen LogP contribution in [0.1, 0.15) is 40.0 Å². The van der Waals surface area contributed by atoms with Crippen LogP contribution in [0.25, 0.3) is 0 Å². The van der Waals surface area contributed by atoms with Gasteiger partial charge in [0.25, 0.3) is 0 Å². The lowest BCUT2D eigenvalue weighted by Crippen LogP contribution is -2.36. The zero-order valence-corrected chi connectivity index (χ0v) is 12.6. The second-order valence-electron chi connectivity index (χ2n) is 5.16. The van der Waals surface area contributed by atoms with Gasteiger partial charge in [-0.1, -0.05) is 6.42 Å². The molecule has 0 aliphatic carbocycles. The second-order valence-corrected chi connectivity index (χ2v) is 6.40. The summed E-state index contributed by atoms with van der Waals surface area (Å²) in [5, 5.41) is 7.77. The molecule has 0 fully saturated rings. The van der Waals surface area contributed by atoms with Gasteiger partial charge in [-0.15, -0.1) is 0 Å². The average molecular weight is 335 g/mol. The van der Waals surface area contributed by atoms with Crippen molar-refractivity contribution in [2.75, 3.05) is 6.54 Å². The van der Waals surface area contributed by atoms with Gasteiger partial charge in [-0.25, -0.2) is 0 Å². The van der Waals surface area contributed by atoms with E-state index in [-0.39, 0.29) is 5.54 Å². The topological polar surface area (TPSA) is 29.9 Å². The molecule has 0 amide bonds. The average Bonchev–Trinajstić information content (AvgIpc) is 2.56. The molecule has 0 aromatic carbocycles. The van der Waals surface area contributed by atoms with Crippen molar-refractivity contribution in [3.8, 4) is 0 Å². The van der Waals surface area contributed by atoms with E-state index in [1.165, 1.54) is 22.8 Å². The van der Waals surface area contributed by atoms with Crippen molar-refractivity contribution in [1.29, 1.82) is 0 Å². The number of nitrogens with zero attached hydrogens (tertiary/aromatic N) is 2. The molecule has 0 aliphatic rings. The minimum atomic E-state index is 0.248. The van der Waals surface area contributed by atoms with Gasteiger partial charge in [-0.05, 0) is 62.7 Å². The van der Waals surface area contributed by atoms with Gasteiger partial charge >= 0.3 is 0 Å². The molecule has 1 N–H and O–H groups in total. The van der Waals surface area contributed by atoms with E-state index in [1.807, 2.05) is 10.9 Å². The Morgan fingerprint density at radius 3 is 2.62 bits per heavy atom. The molecule has 0 bridgehead atoms. The molecule has 0 aliphatic heterocycles. The fourth-order valence-electron chi connectivity index (χ4n) is 1.50. The maximum Gasteiger partial charge on any atom is 0.0623 e. The second kappa shape index (κ2) is 6.59. The molecule has 0 saturated carbocycles. The molecular weight excluding hydrogens is 313 g/mol. The summed E-state index contributed by atoms with van der Waals surface area (Å²) in [6.45, 7) is 8.77. The van der Waals surface area contributed by atoms with Crippen LogP contribution in [0.15, 0.2) is 12.4 Å². The molecular formula is C12H22IN3. The fourth-order valence-corrected chi connectivity index (χ4v) is 1.95.